The van der Waals surface area contributed by atoms with Gasteiger partial charge in [0, 0.05) is 18.9 Å². The molecule has 0 aliphatic heterocycles. The maximum absolute atomic E-state index is 13.7. The Bertz CT molecular complexity index is 580. The third-order valence-corrected chi connectivity index (χ3v) is 3.29. The van der Waals surface area contributed by atoms with Gasteiger partial charge >= 0.3 is 0 Å². The van der Waals surface area contributed by atoms with Gasteiger partial charge in [-0.1, -0.05) is 6.07 Å². The van der Waals surface area contributed by atoms with Gasteiger partial charge in [-0.2, -0.15) is 0 Å². The van der Waals surface area contributed by atoms with Gasteiger partial charge in [0.15, 0.2) is 0 Å². The zero-order valence-corrected chi connectivity index (χ0v) is 11.4. The largest absolute Gasteiger partial charge is 0.353 e. The van der Waals surface area contributed by atoms with Gasteiger partial charge < -0.3 is 9.88 Å². The lowest BCUT2D eigenvalue weighted by atomic mass is 10.2. The molecule has 1 heterocycles. The minimum atomic E-state index is -0.540. The molecule has 0 unspecified atom stereocenters. The number of nitrogens with zero attached hydrogens (tertiary/aromatic N) is 1. The van der Waals surface area contributed by atoms with Crippen molar-refractivity contribution in [3.8, 4) is 0 Å². The molecular weight excluding hydrogens is 299 g/mol. The van der Waals surface area contributed by atoms with Crippen LogP contribution in [-0.2, 0) is 13.6 Å². The van der Waals surface area contributed by atoms with Crippen LogP contribution in [0.5, 0.6) is 0 Å². The predicted octanol–water partition coefficient (Wildman–Crippen LogP) is 2.86. The Morgan fingerprint density at radius 1 is 1.39 bits per heavy atom. The highest BCUT2D eigenvalue weighted by molar-refractivity contribution is 9.10. The molecule has 0 bridgehead atoms. The number of carbonyl (C=O) groups is 1. The lowest BCUT2D eigenvalue weighted by molar-refractivity contribution is 0.0946. The van der Waals surface area contributed by atoms with E-state index in [-0.39, 0.29) is 10.0 Å². The fraction of sp³-hybridized carbons (Fsp3) is 0.154. The molecule has 5 heteroatoms. The van der Waals surface area contributed by atoms with Crippen LogP contribution in [0.25, 0.3) is 0 Å². The van der Waals surface area contributed by atoms with E-state index in [9.17, 15) is 9.18 Å². The molecule has 94 valence electrons. The summed E-state index contributed by atoms with van der Waals surface area (Å²) in [4.78, 5) is 11.8. The van der Waals surface area contributed by atoms with E-state index in [1.165, 1.54) is 6.07 Å². The minimum Gasteiger partial charge on any atom is -0.353 e. The lowest BCUT2D eigenvalue weighted by Gasteiger charge is -2.07. The highest BCUT2D eigenvalue weighted by Gasteiger charge is 2.13. The van der Waals surface area contributed by atoms with Gasteiger partial charge in [-0.15, -0.1) is 0 Å². The molecule has 0 aliphatic rings. The number of hydrogen-bond acceptors (Lipinski definition) is 1. The smallest absolute Gasteiger partial charge is 0.254 e. The first kappa shape index (κ1) is 12.8. The molecule has 0 fully saturated rings. The number of amides is 1. The number of nitrogens with one attached hydrogen (secondary N) is 1. The number of hydrogen-bond donors (Lipinski definition) is 1. The highest BCUT2D eigenvalue weighted by atomic mass is 79.9. The molecule has 0 radical (unpaired) electrons. The minimum absolute atomic E-state index is 0.0404. The predicted molar refractivity (Wildman–Crippen MR) is 70.7 cm³/mol. The zero-order valence-electron chi connectivity index (χ0n) is 9.78. The molecule has 1 amide bonds. The Labute approximate surface area is 113 Å². The first-order valence-corrected chi connectivity index (χ1v) is 6.21. The van der Waals surface area contributed by atoms with Crippen molar-refractivity contribution in [1.29, 1.82) is 0 Å². The molecule has 0 aliphatic carbocycles. The van der Waals surface area contributed by atoms with Gasteiger partial charge in [0.2, 0.25) is 0 Å². The van der Waals surface area contributed by atoms with Crippen molar-refractivity contribution < 1.29 is 9.18 Å². The van der Waals surface area contributed by atoms with Gasteiger partial charge in [-0.05, 0) is 40.2 Å². The SMILES string of the molecule is Cn1cccc1CNC(=O)c1cccc(Br)c1F. The van der Waals surface area contributed by atoms with Crippen molar-refractivity contribution in [3.05, 3.63) is 58.1 Å². The molecule has 0 saturated heterocycles. The Morgan fingerprint density at radius 3 is 2.83 bits per heavy atom. The maximum atomic E-state index is 13.7. The van der Waals surface area contributed by atoms with Gasteiger partial charge in [-0.25, -0.2) is 4.39 Å². The molecule has 18 heavy (non-hydrogen) atoms. The summed E-state index contributed by atoms with van der Waals surface area (Å²) in [6.45, 7) is 0.369. The summed E-state index contributed by atoms with van der Waals surface area (Å²) in [7, 11) is 1.89. The summed E-state index contributed by atoms with van der Waals surface area (Å²) in [6.07, 6.45) is 1.89. The van der Waals surface area contributed by atoms with E-state index in [0.717, 1.165) is 5.69 Å². The number of rotatable bonds is 3. The Balaban J connectivity index is 2.09. The second-order valence-electron chi connectivity index (χ2n) is 3.89. The fourth-order valence-corrected chi connectivity index (χ4v) is 1.99. The first-order chi connectivity index (χ1) is 8.59. The number of aromatic nitrogens is 1. The van der Waals surface area contributed by atoms with E-state index >= 15 is 0 Å². The van der Waals surface area contributed by atoms with Gasteiger partial charge in [0.05, 0.1) is 16.6 Å². The maximum Gasteiger partial charge on any atom is 0.254 e. The second-order valence-corrected chi connectivity index (χ2v) is 4.75. The number of halogens is 2. The van der Waals surface area contributed by atoms with E-state index in [2.05, 4.69) is 21.2 Å². The molecule has 1 aromatic heterocycles. The summed E-state index contributed by atoms with van der Waals surface area (Å²) in [6, 6.07) is 8.44. The lowest BCUT2D eigenvalue weighted by Crippen LogP contribution is -2.24. The van der Waals surface area contributed by atoms with E-state index < -0.39 is 11.7 Å². The fourth-order valence-electron chi connectivity index (χ4n) is 1.63. The molecule has 1 N–H and O–H groups in total. The quantitative estimate of drug-likeness (QED) is 0.929. The zero-order chi connectivity index (χ0) is 13.1. The number of carbonyl (C=O) groups excluding carboxylic acids is 1. The average molecular weight is 311 g/mol. The topological polar surface area (TPSA) is 34.0 Å². The molecule has 0 atom stereocenters. The summed E-state index contributed by atoms with van der Waals surface area (Å²) in [5, 5.41) is 2.69. The van der Waals surface area contributed by atoms with E-state index in [1.807, 2.05) is 29.9 Å². The molecular formula is C13H12BrFN2O. The highest BCUT2D eigenvalue weighted by Crippen LogP contribution is 2.18. The third kappa shape index (κ3) is 2.61. The van der Waals surface area contributed by atoms with Gasteiger partial charge in [0.1, 0.15) is 5.82 Å². The van der Waals surface area contributed by atoms with Gasteiger partial charge in [-0.3, -0.25) is 4.79 Å². The summed E-state index contributed by atoms with van der Waals surface area (Å²) in [5.74, 6) is -0.961. The third-order valence-electron chi connectivity index (χ3n) is 2.68. The summed E-state index contributed by atoms with van der Waals surface area (Å²) >= 11 is 3.06. The number of benzene rings is 1. The van der Waals surface area contributed by atoms with Crippen LogP contribution in [0.2, 0.25) is 0 Å². The standard InChI is InChI=1S/C13H12BrFN2O/c1-17-7-3-4-9(17)8-16-13(18)10-5-2-6-11(14)12(10)15/h2-7H,8H2,1H3,(H,16,18). The van der Waals surface area contributed by atoms with Crippen LogP contribution in [0.3, 0.4) is 0 Å². The summed E-state index contributed by atoms with van der Waals surface area (Å²) < 4.78 is 15.9. The Kier molecular flexibility index (Phi) is 3.81. The summed E-state index contributed by atoms with van der Waals surface area (Å²) in [5.41, 5.74) is 0.998. The molecule has 2 rings (SSSR count). The van der Waals surface area contributed by atoms with Crippen LogP contribution in [0.1, 0.15) is 16.1 Å². The van der Waals surface area contributed by atoms with Crippen molar-refractivity contribution in [3.63, 3.8) is 0 Å². The van der Waals surface area contributed by atoms with Crippen LogP contribution in [0.15, 0.2) is 41.0 Å². The van der Waals surface area contributed by atoms with Crippen LogP contribution >= 0.6 is 15.9 Å². The van der Waals surface area contributed by atoms with Crippen molar-refractivity contribution in [1.82, 2.24) is 9.88 Å². The first-order valence-electron chi connectivity index (χ1n) is 5.42. The van der Waals surface area contributed by atoms with Crippen molar-refractivity contribution >= 4 is 21.8 Å². The molecule has 1 aromatic carbocycles. The molecule has 2 aromatic rings. The number of aryl methyl sites for hydroxylation is 1. The van der Waals surface area contributed by atoms with Crippen LogP contribution in [-0.4, -0.2) is 10.5 Å². The molecule has 3 nitrogen and oxygen atoms in total. The monoisotopic (exact) mass is 310 g/mol. The van der Waals surface area contributed by atoms with Crippen molar-refractivity contribution in [2.24, 2.45) is 7.05 Å². The van der Waals surface area contributed by atoms with Crippen molar-refractivity contribution in [2.75, 3.05) is 0 Å². The van der Waals surface area contributed by atoms with Crippen LogP contribution in [0.4, 0.5) is 4.39 Å². The van der Waals surface area contributed by atoms with E-state index in [0.29, 0.717) is 6.54 Å². The molecule has 0 spiro atoms. The second kappa shape index (κ2) is 5.35. The molecule has 0 saturated carbocycles. The van der Waals surface area contributed by atoms with E-state index in [4.69, 9.17) is 0 Å². The van der Waals surface area contributed by atoms with Crippen molar-refractivity contribution in [2.45, 2.75) is 6.54 Å². The normalized spacial score (nSPS) is 10.4. The van der Waals surface area contributed by atoms with Crippen LogP contribution in [0, 0.1) is 5.82 Å². The average Bonchev–Trinajstić information content (AvgIpc) is 2.75. The van der Waals surface area contributed by atoms with Gasteiger partial charge in [0.25, 0.3) is 5.91 Å². The Morgan fingerprint density at radius 2 is 2.17 bits per heavy atom. The van der Waals surface area contributed by atoms with E-state index in [1.54, 1.807) is 12.1 Å². The Hall–Kier alpha value is -1.62. The van der Waals surface area contributed by atoms with Crippen LogP contribution < -0.4 is 5.32 Å².